The van der Waals surface area contributed by atoms with Gasteiger partial charge in [-0.25, -0.2) is 13.4 Å². The summed E-state index contributed by atoms with van der Waals surface area (Å²) in [5, 5.41) is 9.56. The molecule has 0 unspecified atom stereocenters. The van der Waals surface area contributed by atoms with E-state index in [1.54, 1.807) is 19.2 Å². The zero-order valence-corrected chi connectivity index (χ0v) is 12.0. The van der Waals surface area contributed by atoms with Crippen LogP contribution in [0.5, 0.6) is 0 Å². The van der Waals surface area contributed by atoms with Crippen molar-refractivity contribution in [1.29, 1.82) is 0 Å². The second kappa shape index (κ2) is 5.44. The molecule has 1 aliphatic heterocycles. The summed E-state index contributed by atoms with van der Waals surface area (Å²) in [6.45, 7) is 3.88. The largest absolute Gasteiger partial charge is 0.389 e. The summed E-state index contributed by atoms with van der Waals surface area (Å²) in [6, 6.07) is 3.63. The summed E-state index contributed by atoms with van der Waals surface area (Å²) in [6.07, 6.45) is 2.37. The number of nitrogens with zero attached hydrogens (tertiary/aromatic N) is 3. The highest BCUT2D eigenvalue weighted by atomic mass is 32.2. The normalized spacial score (nSPS) is 19.4. The van der Waals surface area contributed by atoms with Gasteiger partial charge in [0, 0.05) is 32.4 Å². The zero-order valence-electron chi connectivity index (χ0n) is 11.2. The third-order valence-electron chi connectivity index (χ3n) is 3.28. The van der Waals surface area contributed by atoms with Gasteiger partial charge in [-0.2, -0.15) is 4.31 Å². The summed E-state index contributed by atoms with van der Waals surface area (Å²) in [7, 11) is -3.11. The van der Waals surface area contributed by atoms with E-state index < -0.39 is 16.1 Å². The molecule has 2 heterocycles. The van der Waals surface area contributed by atoms with E-state index in [4.69, 9.17) is 0 Å². The second-order valence-electron chi connectivity index (χ2n) is 4.77. The van der Waals surface area contributed by atoms with Crippen molar-refractivity contribution < 1.29 is 13.5 Å². The van der Waals surface area contributed by atoms with Gasteiger partial charge in [-0.3, -0.25) is 0 Å². The van der Waals surface area contributed by atoms with Gasteiger partial charge in [-0.1, -0.05) is 0 Å². The van der Waals surface area contributed by atoms with E-state index >= 15 is 0 Å². The lowest BCUT2D eigenvalue weighted by Crippen LogP contribution is -2.48. The van der Waals surface area contributed by atoms with Gasteiger partial charge in [0.1, 0.15) is 5.82 Å². The maximum Gasteiger partial charge on any atom is 0.211 e. The van der Waals surface area contributed by atoms with Crippen molar-refractivity contribution >= 4 is 15.8 Å². The van der Waals surface area contributed by atoms with Crippen LogP contribution in [0.3, 0.4) is 0 Å². The molecule has 0 amide bonds. The number of sulfonamides is 1. The molecule has 0 aromatic carbocycles. The molecule has 1 fully saturated rings. The number of rotatable bonds is 3. The van der Waals surface area contributed by atoms with E-state index in [0.29, 0.717) is 26.2 Å². The molecule has 2 rings (SSSR count). The number of aliphatic hydroxyl groups excluding tert-OH is 1. The zero-order chi connectivity index (χ0) is 14.0. The standard InChI is InChI=1S/C12H19N3O3S/c1-10(16)11-3-4-13-12(9-11)14-5-7-15(8-6-14)19(2,17)18/h3-4,9-10,16H,5-8H2,1-2H3/t10-/m0/s1. The average molecular weight is 285 g/mol. The molecule has 1 aromatic rings. The first kappa shape index (κ1) is 14.2. The molecule has 7 heteroatoms. The predicted molar refractivity (Wildman–Crippen MR) is 73.5 cm³/mol. The van der Waals surface area contributed by atoms with E-state index in [-0.39, 0.29) is 0 Å². The van der Waals surface area contributed by atoms with Gasteiger partial charge in [0.25, 0.3) is 0 Å². The first-order chi connectivity index (χ1) is 8.88. The molecule has 1 saturated heterocycles. The lowest BCUT2D eigenvalue weighted by Gasteiger charge is -2.34. The monoisotopic (exact) mass is 285 g/mol. The Hall–Kier alpha value is -1.18. The average Bonchev–Trinajstić information content (AvgIpc) is 2.38. The minimum absolute atomic E-state index is 0.472. The summed E-state index contributed by atoms with van der Waals surface area (Å²) >= 11 is 0. The minimum Gasteiger partial charge on any atom is -0.389 e. The van der Waals surface area contributed by atoms with Crippen molar-refractivity contribution in [1.82, 2.24) is 9.29 Å². The van der Waals surface area contributed by atoms with Crippen LogP contribution in [0.25, 0.3) is 0 Å². The van der Waals surface area contributed by atoms with Crippen LogP contribution in [0.15, 0.2) is 18.3 Å². The molecule has 6 nitrogen and oxygen atoms in total. The number of aromatic nitrogens is 1. The lowest BCUT2D eigenvalue weighted by molar-refractivity contribution is 0.199. The van der Waals surface area contributed by atoms with E-state index in [9.17, 15) is 13.5 Å². The van der Waals surface area contributed by atoms with E-state index in [0.717, 1.165) is 11.4 Å². The van der Waals surface area contributed by atoms with Gasteiger partial charge in [-0.15, -0.1) is 0 Å². The summed E-state index contributed by atoms with van der Waals surface area (Å²) in [5.74, 6) is 0.784. The third kappa shape index (κ3) is 3.43. The molecule has 19 heavy (non-hydrogen) atoms. The molecule has 106 valence electrons. The van der Waals surface area contributed by atoms with Crippen molar-refractivity contribution in [2.45, 2.75) is 13.0 Å². The van der Waals surface area contributed by atoms with E-state index in [2.05, 4.69) is 4.98 Å². The molecule has 0 aliphatic carbocycles. The number of piperazine rings is 1. The molecule has 0 bridgehead atoms. The van der Waals surface area contributed by atoms with Crippen LogP contribution >= 0.6 is 0 Å². The van der Waals surface area contributed by atoms with Gasteiger partial charge >= 0.3 is 0 Å². The highest BCUT2D eigenvalue weighted by Crippen LogP contribution is 2.19. The van der Waals surface area contributed by atoms with Crippen LogP contribution < -0.4 is 4.90 Å². The van der Waals surface area contributed by atoms with Crippen LogP contribution in [0.2, 0.25) is 0 Å². The fourth-order valence-corrected chi connectivity index (χ4v) is 2.94. The van der Waals surface area contributed by atoms with Crippen molar-refractivity contribution in [3.63, 3.8) is 0 Å². The smallest absolute Gasteiger partial charge is 0.211 e. The van der Waals surface area contributed by atoms with Crippen LogP contribution in [0.1, 0.15) is 18.6 Å². The van der Waals surface area contributed by atoms with Gasteiger partial charge < -0.3 is 10.0 Å². The minimum atomic E-state index is -3.11. The Morgan fingerprint density at radius 1 is 1.32 bits per heavy atom. The molecular weight excluding hydrogens is 266 g/mol. The Morgan fingerprint density at radius 2 is 1.95 bits per heavy atom. The summed E-state index contributed by atoms with van der Waals surface area (Å²) in [4.78, 5) is 6.31. The molecular formula is C12H19N3O3S. The van der Waals surface area contributed by atoms with Gasteiger partial charge in [0.2, 0.25) is 10.0 Å². The lowest BCUT2D eigenvalue weighted by atomic mass is 10.1. The van der Waals surface area contributed by atoms with Crippen molar-refractivity contribution in [3.8, 4) is 0 Å². The number of pyridine rings is 1. The molecule has 1 N–H and O–H groups in total. The Labute approximate surface area is 113 Å². The third-order valence-corrected chi connectivity index (χ3v) is 4.59. The molecule has 0 radical (unpaired) electrons. The molecule has 1 aromatic heterocycles. The number of hydrogen-bond donors (Lipinski definition) is 1. The molecule has 0 spiro atoms. The second-order valence-corrected chi connectivity index (χ2v) is 6.75. The summed E-state index contributed by atoms with van der Waals surface area (Å²) in [5.41, 5.74) is 0.815. The molecule has 0 saturated carbocycles. The Bertz CT molecular complexity index is 537. The number of hydrogen-bond acceptors (Lipinski definition) is 5. The fourth-order valence-electron chi connectivity index (χ4n) is 2.12. The Morgan fingerprint density at radius 3 is 2.47 bits per heavy atom. The van der Waals surface area contributed by atoms with Crippen molar-refractivity contribution in [3.05, 3.63) is 23.9 Å². The number of aliphatic hydroxyl groups is 1. The van der Waals surface area contributed by atoms with Crippen LogP contribution in [-0.2, 0) is 10.0 Å². The predicted octanol–water partition coefficient (Wildman–Crippen LogP) is 0.217. The summed E-state index contributed by atoms with van der Waals surface area (Å²) < 4.78 is 24.3. The highest BCUT2D eigenvalue weighted by molar-refractivity contribution is 7.88. The fraction of sp³-hybridized carbons (Fsp3) is 0.583. The van der Waals surface area contributed by atoms with E-state index in [1.165, 1.54) is 10.6 Å². The topological polar surface area (TPSA) is 73.7 Å². The SMILES string of the molecule is C[C@H](O)c1ccnc(N2CCN(S(C)(=O)=O)CC2)c1. The van der Waals surface area contributed by atoms with Gasteiger partial charge in [0.05, 0.1) is 12.4 Å². The quantitative estimate of drug-likeness (QED) is 0.860. The Balaban J connectivity index is 2.07. The molecule has 1 aliphatic rings. The van der Waals surface area contributed by atoms with Gasteiger partial charge in [-0.05, 0) is 24.6 Å². The highest BCUT2D eigenvalue weighted by Gasteiger charge is 2.24. The van der Waals surface area contributed by atoms with Crippen LogP contribution in [0.4, 0.5) is 5.82 Å². The number of anilines is 1. The van der Waals surface area contributed by atoms with E-state index in [1.807, 2.05) is 11.0 Å². The Kier molecular flexibility index (Phi) is 4.07. The molecule has 1 atom stereocenters. The van der Waals surface area contributed by atoms with Crippen molar-refractivity contribution in [2.75, 3.05) is 37.3 Å². The van der Waals surface area contributed by atoms with Crippen LogP contribution in [0, 0.1) is 0 Å². The first-order valence-electron chi connectivity index (χ1n) is 6.22. The first-order valence-corrected chi connectivity index (χ1v) is 8.07. The van der Waals surface area contributed by atoms with Gasteiger partial charge in [0.15, 0.2) is 0 Å². The van der Waals surface area contributed by atoms with Crippen molar-refractivity contribution in [2.24, 2.45) is 0 Å². The van der Waals surface area contributed by atoms with Crippen LogP contribution in [-0.4, -0.2) is 55.2 Å². The maximum absolute atomic E-state index is 11.4. The maximum atomic E-state index is 11.4.